The molecule has 2 heterocycles. The smallest absolute Gasteiger partial charge is 0.263 e. The number of thiophene rings is 1. The summed E-state index contributed by atoms with van der Waals surface area (Å²) in [4.78, 5) is 13.2. The first-order valence-corrected chi connectivity index (χ1v) is 8.67. The minimum Gasteiger partial charge on any atom is -0.307 e. The zero-order chi connectivity index (χ0) is 15.0. The Morgan fingerprint density at radius 3 is 2.43 bits per heavy atom. The van der Waals surface area contributed by atoms with E-state index in [9.17, 15) is 4.79 Å². The molecular formula is C14H7Cl2NOS3. The lowest BCUT2D eigenvalue weighted by Gasteiger charge is -2.00. The van der Waals surface area contributed by atoms with Gasteiger partial charge in [-0.1, -0.05) is 47.2 Å². The summed E-state index contributed by atoms with van der Waals surface area (Å²) in [6, 6.07) is 7.41. The average Bonchev–Trinajstić information content (AvgIpc) is 2.96. The second kappa shape index (κ2) is 6.10. The van der Waals surface area contributed by atoms with Crippen molar-refractivity contribution in [3.63, 3.8) is 0 Å². The van der Waals surface area contributed by atoms with Crippen molar-refractivity contribution in [2.75, 3.05) is 0 Å². The van der Waals surface area contributed by atoms with Gasteiger partial charge in [0.2, 0.25) is 0 Å². The minimum atomic E-state index is -0.147. The fourth-order valence-corrected chi connectivity index (χ4v) is 4.33. The molecule has 7 heteroatoms. The van der Waals surface area contributed by atoms with Gasteiger partial charge in [-0.15, -0.1) is 11.3 Å². The van der Waals surface area contributed by atoms with Gasteiger partial charge >= 0.3 is 0 Å². The molecule has 0 aliphatic carbocycles. The zero-order valence-corrected chi connectivity index (χ0v) is 14.3. The quantitative estimate of drug-likeness (QED) is 0.580. The standard InChI is InChI=1S/C14H7Cl2NOS3/c15-9-1-7(2-10(16)4-9)8-3-11(20-6-8)5-12-13(18)17-14(19)21-12/h1-6H,(H,17,18,19)/b12-5-. The monoisotopic (exact) mass is 371 g/mol. The normalized spacial score (nSPS) is 16.6. The van der Waals surface area contributed by atoms with Gasteiger partial charge in [-0.05, 0) is 46.8 Å². The molecule has 2 aromatic rings. The summed E-state index contributed by atoms with van der Waals surface area (Å²) in [5.74, 6) is -0.147. The third kappa shape index (κ3) is 3.49. The Morgan fingerprint density at radius 1 is 1.10 bits per heavy atom. The lowest BCUT2D eigenvalue weighted by atomic mass is 10.1. The number of halogens is 2. The molecule has 0 saturated carbocycles. The summed E-state index contributed by atoms with van der Waals surface area (Å²) >= 11 is 19.8. The van der Waals surface area contributed by atoms with Crippen molar-refractivity contribution in [3.8, 4) is 11.1 Å². The number of rotatable bonds is 2. The van der Waals surface area contributed by atoms with Crippen LogP contribution in [-0.4, -0.2) is 10.2 Å². The number of carbonyl (C=O) groups excluding carboxylic acids is 1. The van der Waals surface area contributed by atoms with E-state index in [1.54, 1.807) is 17.4 Å². The highest BCUT2D eigenvalue weighted by molar-refractivity contribution is 8.26. The summed E-state index contributed by atoms with van der Waals surface area (Å²) in [6.07, 6.45) is 1.83. The largest absolute Gasteiger partial charge is 0.307 e. The van der Waals surface area contributed by atoms with Gasteiger partial charge in [-0.2, -0.15) is 0 Å². The van der Waals surface area contributed by atoms with Crippen LogP contribution in [-0.2, 0) is 4.79 Å². The maximum atomic E-state index is 11.6. The number of amides is 1. The van der Waals surface area contributed by atoms with Gasteiger partial charge in [-0.25, -0.2) is 0 Å². The van der Waals surface area contributed by atoms with E-state index in [0.29, 0.717) is 19.3 Å². The van der Waals surface area contributed by atoms with Crippen molar-refractivity contribution in [3.05, 3.63) is 49.5 Å². The molecule has 0 bridgehead atoms. The second-order valence-electron chi connectivity index (χ2n) is 4.25. The minimum absolute atomic E-state index is 0.147. The number of benzene rings is 1. The van der Waals surface area contributed by atoms with Gasteiger partial charge < -0.3 is 5.32 Å². The van der Waals surface area contributed by atoms with Crippen LogP contribution in [0.1, 0.15) is 4.88 Å². The molecule has 1 amide bonds. The molecule has 21 heavy (non-hydrogen) atoms. The first-order valence-electron chi connectivity index (χ1n) is 5.81. The van der Waals surface area contributed by atoms with Crippen molar-refractivity contribution >= 4 is 74.8 Å². The second-order valence-corrected chi connectivity index (χ2v) is 7.78. The van der Waals surface area contributed by atoms with E-state index >= 15 is 0 Å². The lowest BCUT2D eigenvalue weighted by molar-refractivity contribution is -0.115. The summed E-state index contributed by atoms with van der Waals surface area (Å²) in [6.45, 7) is 0. The van der Waals surface area contributed by atoms with Crippen LogP contribution in [0.5, 0.6) is 0 Å². The van der Waals surface area contributed by atoms with Crippen LogP contribution in [0.25, 0.3) is 17.2 Å². The lowest BCUT2D eigenvalue weighted by Crippen LogP contribution is -2.17. The molecule has 2 nitrogen and oxygen atoms in total. The Balaban J connectivity index is 1.92. The highest BCUT2D eigenvalue weighted by Gasteiger charge is 2.22. The first-order chi connectivity index (χ1) is 10.0. The molecule has 0 spiro atoms. The predicted molar refractivity (Wildman–Crippen MR) is 96.1 cm³/mol. The van der Waals surface area contributed by atoms with Gasteiger partial charge in [0.15, 0.2) is 0 Å². The van der Waals surface area contributed by atoms with Crippen LogP contribution in [0.15, 0.2) is 34.6 Å². The molecule has 1 saturated heterocycles. The molecule has 1 aliphatic rings. The van der Waals surface area contributed by atoms with Gasteiger partial charge in [0, 0.05) is 14.9 Å². The molecule has 1 aliphatic heterocycles. The van der Waals surface area contributed by atoms with Crippen molar-refractivity contribution in [1.82, 2.24) is 5.32 Å². The number of hydrogen-bond donors (Lipinski definition) is 1. The molecule has 1 N–H and O–H groups in total. The Morgan fingerprint density at radius 2 is 1.81 bits per heavy atom. The van der Waals surface area contributed by atoms with Crippen LogP contribution >= 0.6 is 58.5 Å². The molecular weight excluding hydrogens is 365 g/mol. The van der Waals surface area contributed by atoms with Crippen LogP contribution in [0.2, 0.25) is 10.0 Å². The molecule has 0 atom stereocenters. The van der Waals surface area contributed by atoms with Crippen LogP contribution < -0.4 is 5.32 Å². The maximum Gasteiger partial charge on any atom is 0.263 e. The summed E-state index contributed by atoms with van der Waals surface area (Å²) < 4.78 is 0.490. The molecule has 3 rings (SSSR count). The van der Waals surface area contributed by atoms with Gasteiger partial charge in [0.25, 0.3) is 5.91 Å². The molecule has 1 fully saturated rings. The Labute approximate surface area is 145 Å². The van der Waals surface area contributed by atoms with Gasteiger partial charge in [-0.3, -0.25) is 4.79 Å². The first kappa shape index (κ1) is 15.1. The molecule has 1 aromatic carbocycles. The highest BCUT2D eigenvalue weighted by Crippen LogP contribution is 2.33. The number of thioether (sulfide) groups is 1. The van der Waals surface area contributed by atoms with Crippen LogP contribution in [0.3, 0.4) is 0 Å². The number of nitrogens with one attached hydrogen (secondary N) is 1. The van der Waals surface area contributed by atoms with E-state index in [1.807, 2.05) is 29.7 Å². The maximum absolute atomic E-state index is 11.6. The van der Waals surface area contributed by atoms with E-state index in [1.165, 1.54) is 11.8 Å². The fraction of sp³-hybridized carbons (Fsp3) is 0. The number of carbonyl (C=O) groups is 1. The summed E-state index contributed by atoms with van der Waals surface area (Å²) in [7, 11) is 0. The van der Waals surface area contributed by atoms with E-state index in [-0.39, 0.29) is 5.91 Å². The van der Waals surface area contributed by atoms with Crippen molar-refractivity contribution in [1.29, 1.82) is 0 Å². The molecule has 0 unspecified atom stereocenters. The van der Waals surface area contributed by atoms with Crippen LogP contribution in [0, 0.1) is 0 Å². The Kier molecular flexibility index (Phi) is 4.38. The summed E-state index contributed by atoms with van der Waals surface area (Å²) in [5, 5.41) is 5.80. The predicted octanol–water partition coefficient (Wildman–Crippen LogP) is 5.21. The highest BCUT2D eigenvalue weighted by atomic mass is 35.5. The molecule has 1 aromatic heterocycles. The number of thiocarbonyl (C=S) groups is 1. The van der Waals surface area contributed by atoms with Crippen LogP contribution in [0.4, 0.5) is 0 Å². The Bertz CT molecular complexity index is 762. The van der Waals surface area contributed by atoms with Crippen molar-refractivity contribution in [2.45, 2.75) is 0 Å². The van der Waals surface area contributed by atoms with E-state index in [4.69, 9.17) is 35.4 Å². The third-order valence-electron chi connectivity index (χ3n) is 2.73. The Hall–Kier alpha value is -0.850. The SMILES string of the molecule is O=C1NC(=S)S/C1=C\c1cc(-c2cc(Cl)cc(Cl)c2)cs1. The number of hydrogen-bond acceptors (Lipinski definition) is 4. The topological polar surface area (TPSA) is 29.1 Å². The van der Waals surface area contributed by atoms with E-state index < -0.39 is 0 Å². The van der Waals surface area contributed by atoms with Crippen molar-refractivity contribution in [2.24, 2.45) is 0 Å². The summed E-state index contributed by atoms with van der Waals surface area (Å²) in [5.41, 5.74) is 1.97. The average molecular weight is 372 g/mol. The zero-order valence-electron chi connectivity index (χ0n) is 10.4. The van der Waals surface area contributed by atoms with Gasteiger partial charge in [0.05, 0.1) is 4.91 Å². The molecule has 0 radical (unpaired) electrons. The molecule has 106 valence electrons. The fourth-order valence-electron chi connectivity index (χ4n) is 1.85. The van der Waals surface area contributed by atoms with E-state index in [2.05, 4.69) is 5.32 Å². The van der Waals surface area contributed by atoms with E-state index in [0.717, 1.165) is 16.0 Å². The van der Waals surface area contributed by atoms with Crippen molar-refractivity contribution < 1.29 is 4.79 Å². The third-order valence-corrected chi connectivity index (χ3v) is 5.21. The van der Waals surface area contributed by atoms with Gasteiger partial charge in [0.1, 0.15) is 4.32 Å².